The standard InChI is InChI=1S/C69H118O6/c1-4-7-10-13-16-19-22-25-28-31-32-33-34-35-36-39-41-44-47-50-53-56-59-62-68(71)74-65-66(75-69(72)63-60-57-54-51-48-45-42-38-30-27-24-21-18-15-12-9-6-3)64-73-67(70)61-58-55-52-49-46-43-40-37-29-26-23-20-17-14-11-8-5-2/h7,10,16,19,25-30,32-33,35-36,41,44,66H,4-6,8-9,11-15,17-18,20-24,31,34,37-40,42-43,45-65H2,1-3H3/b10-7-,19-16-,28-25-,29-26-,30-27-,33-32-,36-35-,44-41-. The molecule has 0 aromatic carbocycles. The summed E-state index contributed by atoms with van der Waals surface area (Å²) in [5.74, 6) is -0.914. The molecule has 430 valence electrons. The van der Waals surface area contributed by atoms with Gasteiger partial charge < -0.3 is 14.2 Å². The molecule has 6 heteroatoms. The van der Waals surface area contributed by atoms with Gasteiger partial charge in [-0.25, -0.2) is 0 Å². The molecule has 0 aromatic heterocycles. The molecule has 0 saturated heterocycles. The highest BCUT2D eigenvalue weighted by Gasteiger charge is 2.19. The van der Waals surface area contributed by atoms with Crippen molar-refractivity contribution >= 4 is 17.9 Å². The van der Waals surface area contributed by atoms with Gasteiger partial charge in [-0.2, -0.15) is 0 Å². The lowest BCUT2D eigenvalue weighted by Gasteiger charge is -2.18. The summed E-state index contributed by atoms with van der Waals surface area (Å²) in [6.07, 6.45) is 84.0. The van der Waals surface area contributed by atoms with E-state index in [9.17, 15) is 14.4 Å². The second-order valence-electron chi connectivity index (χ2n) is 20.9. The SMILES string of the molecule is CC/C=C\C/C=C\C/C=C\C/C=C\C/C=C\C/C=C\CCCCCCC(=O)OCC(COC(=O)CCCCCCCCC/C=C\CCCCCCCC)OC(=O)CCCCCCCCC/C=C\CCCCCCCC. The molecule has 0 amide bonds. The molecule has 0 rings (SSSR count). The van der Waals surface area contributed by atoms with Gasteiger partial charge in [-0.05, 0) is 122 Å². The van der Waals surface area contributed by atoms with Crippen molar-refractivity contribution < 1.29 is 28.6 Å². The molecule has 0 aromatic rings. The number of hydrogen-bond acceptors (Lipinski definition) is 6. The third kappa shape index (κ3) is 61.1. The number of unbranched alkanes of at least 4 members (excludes halogenated alkanes) is 30. The molecule has 0 saturated carbocycles. The molecule has 0 aliphatic rings. The number of ether oxygens (including phenoxy) is 3. The van der Waals surface area contributed by atoms with Gasteiger partial charge in [0.25, 0.3) is 0 Å². The highest BCUT2D eigenvalue weighted by molar-refractivity contribution is 5.71. The van der Waals surface area contributed by atoms with E-state index < -0.39 is 6.10 Å². The zero-order valence-electron chi connectivity index (χ0n) is 49.3. The molecule has 1 unspecified atom stereocenters. The number of hydrogen-bond donors (Lipinski definition) is 0. The van der Waals surface area contributed by atoms with E-state index in [4.69, 9.17) is 14.2 Å². The lowest BCUT2D eigenvalue weighted by atomic mass is 10.1. The minimum absolute atomic E-state index is 0.0892. The Balaban J connectivity index is 4.44. The molecule has 0 fully saturated rings. The molecule has 0 aliphatic carbocycles. The molecular weight excluding hydrogens is 925 g/mol. The van der Waals surface area contributed by atoms with Crippen LogP contribution in [0.25, 0.3) is 0 Å². The van der Waals surface area contributed by atoms with Crippen LogP contribution in [-0.2, 0) is 28.6 Å². The maximum Gasteiger partial charge on any atom is 0.306 e. The van der Waals surface area contributed by atoms with Gasteiger partial charge >= 0.3 is 17.9 Å². The molecular formula is C69H118O6. The van der Waals surface area contributed by atoms with Crippen molar-refractivity contribution in [2.45, 2.75) is 309 Å². The smallest absolute Gasteiger partial charge is 0.306 e. The molecule has 0 aliphatic heterocycles. The van der Waals surface area contributed by atoms with Gasteiger partial charge in [0.05, 0.1) is 0 Å². The van der Waals surface area contributed by atoms with E-state index in [2.05, 4.69) is 118 Å². The summed E-state index contributed by atoms with van der Waals surface area (Å²) < 4.78 is 16.9. The zero-order chi connectivity index (χ0) is 54.3. The Kier molecular flexibility index (Phi) is 59.8. The number of allylic oxidation sites excluding steroid dienone is 16. The van der Waals surface area contributed by atoms with E-state index in [0.717, 1.165) is 109 Å². The third-order valence-corrected chi connectivity index (χ3v) is 13.5. The molecule has 75 heavy (non-hydrogen) atoms. The zero-order valence-corrected chi connectivity index (χ0v) is 49.3. The van der Waals surface area contributed by atoms with Crippen molar-refractivity contribution in [2.75, 3.05) is 13.2 Å². The fourth-order valence-electron chi connectivity index (χ4n) is 8.79. The van der Waals surface area contributed by atoms with Gasteiger partial charge in [0.15, 0.2) is 6.10 Å². The third-order valence-electron chi connectivity index (χ3n) is 13.5. The van der Waals surface area contributed by atoms with Crippen LogP contribution < -0.4 is 0 Å². The van der Waals surface area contributed by atoms with Crippen molar-refractivity contribution in [1.29, 1.82) is 0 Å². The van der Waals surface area contributed by atoms with Gasteiger partial charge in [0.2, 0.25) is 0 Å². The van der Waals surface area contributed by atoms with Gasteiger partial charge in [-0.1, -0.05) is 259 Å². The summed E-state index contributed by atoms with van der Waals surface area (Å²) >= 11 is 0. The first kappa shape index (κ1) is 71.3. The van der Waals surface area contributed by atoms with Crippen LogP contribution in [-0.4, -0.2) is 37.2 Å². The Hall–Kier alpha value is -3.67. The second-order valence-corrected chi connectivity index (χ2v) is 20.9. The average Bonchev–Trinajstić information content (AvgIpc) is 3.41. The molecule has 0 bridgehead atoms. The summed E-state index contributed by atoms with van der Waals surface area (Å²) in [4.78, 5) is 38.3. The Bertz CT molecular complexity index is 1480. The highest BCUT2D eigenvalue weighted by Crippen LogP contribution is 2.15. The van der Waals surface area contributed by atoms with E-state index in [1.165, 1.54) is 154 Å². The van der Waals surface area contributed by atoms with E-state index in [-0.39, 0.29) is 31.1 Å². The van der Waals surface area contributed by atoms with Crippen molar-refractivity contribution in [3.63, 3.8) is 0 Å². The fourth-order valence-corrected chi connectivity index (χ4v) is 8.79. The Morgan fingerprint density at radius 1 is 0.280 bits per heavy atom. The van der Waals surface area contributed by atoms with E-state index >= 15 is 0 Å². The highest BCUT2D eigenvalue weighted by atomic mass is 16.6. The van der Waals surface area contributed by atoms with Crippen LogP contribution >= 0.6 is 0 Å². The Morgan fingerprint density at radius 2 is 0.520 bits per heavy atom. The lowest BCUT2D eigenvalue weighted by Crippen LogP contribution is -2.30. The Labute approximate surface area is 464 Å². The first-order valence-electron chi connectivity index (χ1n) is 31.7. The summed E-state index contributed by atoms with van der Waals surface area (Å²) in [5, 5.41) is 0. The number of esters is 3. The minimum atomic E-state index is -0.794. The van der Waals surface area contributed by atoms with E-state index in [0.29, 0.717) is 19.3 Å². The van der Waals surface area contributed by atoms with Crippen LogP contribution in [0.4, 0.5) is 0 Å². The van der Waals surface area contributed by atoms with Crippen molar-refractivity contribution in [1.82, 2.24) is 0 Å². The predicted molar refractivity (Wildman–Crippen MR) is 325 cm³/mol. The minimum Gasteiger partial charge on any atom is -0.462 e. The van der Waals surface area contributed by atoms with Crippen LogP contribution in [0.1, 0.15) is 303 Å². The van der Waals surface area contributed by atoms with Crippen molar-refractivity contribution in [3.05, 3.63) is 97.2 Å². The lowest BCUT2D eigenvalue weighted by molar-refractivity contribution is -0.167. The topological polar surface area (TPSA) is 78.9 Å². The maximum absolute atomic E-state index is 12.9. The van der Waals surface area contributed by atoms with Crippen LogP contribution in [0.3, 0.4) is 0 Å². The van der Waals surface area contributed by atoms with Crippen LogP contribution in [0.15, 0.2) is 97.2 Å². The second kappa shape index (κ2) is 62.9. The number of carbonyl (C=O) groups is 3. The van der Waals surface area contributed by atoms with Gasteiger partial charge in [0, 0.05) is 19.3 Å². The first-order chi connectivity index (χ1) is 37.0. The summed E-state index contributed by atoms with van der Waals surface area (Å²) in [6, 6.07) is 0. The summed E-state index contributed by atoms with van der Waals surface area (Å²) in [6.45, 7) is 6.51. The normalized spacial score (nSPS) is 12.7. The van der Waals surface area contributed by atoms with Gasteiger partial charge in [-0.15, -0.1) is 0 Å². The molecule has 0 radical (unpaired) electrons. The average molecular weight is 1040 g/mol. The molecule has 0 heterocycles. The first-order valence-corrected chi connectivity index (χ1v) is 31.7. The van der Waals surface area contributed by atoms with Crippen molar-refractivity contribution in [3.8, 4) is 0 Å². The monoisotopic (exact) mass is 1040 g/mol. The number of rotatable bonds is 57. The summed E-state index contributed by atoms with van der Waals surface area (Å²) in [5.41, 5.74) is 0. The molecule has 1 atom stereocenters. The van der Waals surface area contributed by atoms with Gasteiger partial charge in [0.1, 0.15) is 13.2 Å². The van der Waals surface area contributed by atoms with E-state index in [1.807, 2.05) is 0 Å². The number of carbonyl (C=O) groups excluding carboxylic acids is 3. The van der Waals surface area contributed by atoms with Crippen molar-refractivity contribution in [2.24, 2.45) is 0 Å². The summed E-state index contributed by atoms with van der Waals surface area (Å²) in [7, 11) is 0. The largest absolute Gasteiger partial charge is 0.462 e. The quantitative estimate of drug-likeness (QED) is 0.0261. The predicted octanol–water partition coefficient (Wildman–Crippen LogP) is 21.7. The van der Waals surface area contributed by atoms with E-state index in [1.54, 1.807) is 0 Å². The fraction of sp³-hybridized carbons (Fsp3) is 0.725. The van der Waals surface area contributed by atoms with Crippen LogP contribution in [0.2, 0.25) is 0 Å². The Morgan fingerprint density at radius 3 is 0.827 bits per heavy atom. The van der Waals surface area contributed by atoms with Crippen LogP contribution in [0.5, 0.6) is 0 Å². The van der Waals surface area contributed by atoms with Gasteiger partial charge in [-0.3, -0.25) is 14.4 Å². The van der Waals surface area contributed by atoms with Crippen LogP contribution in [0, 0.1) is 0 Å². The molecule has 0 spiro atoms. The molecule has 0 N–H and O–H groups in total. The maximum atomic E-state index is 12.9. The molecule has 6 nitrogen and oxygen atoms in total.